The Kier molecular flexibility index (Phi) is 4.52. The minimum absolute atomic E-state index is 0.110. The Hall–Kier alpha value is -2.87. The molecule has 0 aliphatic rings. The van der Waals surface area contributed by atoms with Crippen LogP contribution in [-0.4, -0.2) is 13.0 Å². The summed E-state index contributed by atoms with van der Waals surface area (Å²) in [5.41, 5.74) is 0.767. The van der Waals surface area contributed by atoms with Gasteiger partial charge in [-0.2, -0.15) is 5.26 Å². The van der Waals surface area contributed by atoms with Gasteiger partial charge in [-0.3, -0.25) is 4.79 Å². The summed E-state index contributed by atoms with van der Waals surface area (Å²) < 4.78 is 18.5. The van der Waals surface area contributed by atoms with Crippen LogP contribution in [0.1, 0.15) is 11.1 Å². The molecule has 2 aromatic rings. The molecule has 0 aliphatic heterocycles. The maximum absolute atomic E-state index is 13.4. The Labute approximate surface area is 121 Å². The highest BCUT2D eigenvalue weighted by Gasteiger charge is 2.11. The van der Waals surface area contributed by atoms with E-state index in [4.69, 9.17) is 10.00 Å². The zero-order chi connectivity index (χ0) is 15.2. The number of anilines is 1. The number of amides is 1. The van der Waals surface area contributed by atoms with Crippen LogP contribution in [0.15, 0.2) is 42.5 Å². The number of hydrogen-bond acceptors (Lipinski definition) is 3. The Bertz CT molecular complexity index is 708. The van der Waals surface area contributed by atoms with Crippen molar-refractivity contribution in [3.63, 3.8) is 0 Å². The van der Waals surface area contributed by atoms with E-state index in [9.17, 15) is 9.18 Å². The van der Waals surface area contributed by atoms with Gasteiger partial charge in [0.05, 0.1) is 19.2 Å². The van der Waals surface area contributed by atoms with Crippen LogP contribution in [0.25, 0.3) is 0 Å². The normalized spacial score (nSPS) is 9.76. The molecule has 0 heterocycles. The Balaban J connectivity index is 2.12. The van der Waals surface area contributed by atoms with Gasteiger partial charge in [0.25, 0.3) is 0 Å². The van der Waals surface area contributed by atoms with Gasteiger partial charge in [0, 0.05) is 0 Å². The summed E-state index contributed by atoms with van der Waals surface area (Å²) in [6.07, 6.45) is 0.110. The summed E-state index contributed by atoms with van der Waals surface area (Å²) >= 11 is 0. The average molecular weight is 284 g/mol. The molecule has 0 aromatic heterocycles. The number of carbonyl (C=O) groups is 1. The van der Waals surface area contributed by atoms with Crippen LogP contribution in [0.5, 0.6) is 5.75 Å². The average Bonchev–Trinajstić information content (AvgIpc) is 2.47. The highest BCUT2D eigenvalue weighted by Crippen LogP contribution is 2.18. The van der Waals surface area contributed by atoms with Crippen molar-refractivity contribution in [1.82, 2.24) is 0 Å². The zero-order valence-corrected chi connectivity index (χ0v) is 11.4. The molecule has 1 N–H and O–H groups in total. The van der Waals surface area contributed by atoms with Crippen molar-refractivity contribution in [3.8, 4) is 11.8 Å². The first kappa shape index (κ1) is 14.5. The standard InChI is InChI=1S/C16H13FN2O2/c1-21-12-5-2-4-11(8-12)9-16(20)19-15-7-3-6-14(17)13(15)10-18/h2-8H,9H2,1H3,(H,19,20). The van der Waals surface area contributed by atoms with E-state index < -0.39 is 5.82 Å². The number of nitrogens with zero attached hydrogens (tertiary/aromatic N) is 1. The van der Waals surface area contributed by atoms with Crippen LogP contribution in [0.4, 0.5) is 10.1 Å². The van der Waals surface area contributed by atoms with E-state index in [1.807, 2.05) is 0 Å². The van der Waals surface area contributed by atoms with E-state index in [-0.39, 0.29) is 23.6 Å². The smallest absolute Gasteiger partial charge is 0.228 e. The molecule has 0 saturated carbocycles. The number of rotatable bonds is 4. The Morgan fingerprint density at radius 1 is 1.33 bits per heavy atom. The van der Waals surface area contributed by atoms with E-state index in [1.165, 1.54) is 18.2 Å². The highest BCUT2D eigenvalue weighted by molar-refractivity contribution is 5.93. The summed E-state index contributed by atoms with van der Waals surface area (Å²) in [6.45, 7) is 0. The van der Waals surface area contributed by atoms with Crippen molar-refractivity contribution >= 4 is 11.6 Å². The van der Waals surface area contributed by atoms with Crippen LogP contribution < -0.4 is 10.1 Å². The second-order valence-corrected chi connectivity index (χ2v) is 4.35. The number of benzene rings is 2. The molecule has 0 spiro atoms. The topological polar surface area (TPSA) is 62.1 Å². The van der Waals surface area contributed by atoms with E-state index in [0.29, 0.717) is 5.75 Å². The van der Waals surface area contributed by atoms with Crippen molar-refractivity contribution in [1.29, 1.82) is 5.26 Å². The molecule has 2 aromatic carbocycles. The molecule has 4 nitrogen and oxygen atoms in total. The zero-order valence-electron chi connectivity index (χ0n) is 11.4. The van der Waals surface area contributed by atoms with Gasteiger partial charge < -0.3 is 10.1 Å². The van der Waals surface area contributed by atoms with Gasteiger partial charge in [-0.05, 0) is 29.8 Å². The fourth-order valence-corrected chi connectivity index (χ4v) is 1.90. The van der Waals surface area contributed by atoms with Gasteiger partial charge >= 0.3 is 0 Å². The van der Waals surface area contributed by atoms with Crippen LogP contribution in [0.3, 0.4) is 0 Å². The first-order chi connectivity index (χ1) is 10.1. The molecular formula is C16H13FN2O2. The number of hydrogen-bond donors (Lipinski definition) is 1. The summed E-state index contributed by atoms with van der Waals surface area (Å²) in [7, 11) is 1.55. The molecule has 0 saturated heterocycles. The lowest BCUT2D eigenvalue weighted by Crippen LogP contribution is -2.15. The van der Waals surface area contributed by atoms with Crippen molar-refractivity contribution in [2.24, 2.45) is 0 Å². The first-order valence-electron chi connectivity index (χ1n) is 6.25. The van der Waals surface area contributed by atoms with Crippen molar-refractivity contribution in [3.05, 3.63) is 59.4 Å². The summed E-state index contributed by atoms with van der Waals surface area (Å²) in [5, 5.41) is 11.5. The highest BCUT2D eigenvalue weighted by atomic mass is 19.1. The van der Waals surface area contributed by atoms with Gasteiger partial charge in [0.1, 0.15) is 23.2 Å². The molecule has 5 heteroatoms. The fourth-order valence-electron chi connectivity index (χ4n) is 1.90. The molecule has 2 rings (SSSR count). The number of nitrogens with one attached hydrogen (secondary N) is 1. The van der Waals surface area contributed by atoms with Crippen molar-refractivity contribution in [2.75, 3.05) is 12.4 Å². The van der Waals surface area contributed by atoms with Gasteiger partial charge in [-0.1, -0.05) is 18.2 Å². The lowest BCUT2D eigenvalue weighted by Gasteiger charge is -2.08. The van der Waals surface area contributed by atoms with Gasteiger partial charge in [0.15, 0.2) is 0 Å². The molecular weight excluding hydrogens is 271 g/mol. The summed E-state index contributed by atoms with van der Waals surface area (Å²) in [4.78, 5) is 12.0. The van der Waals surface area contributed by atoms with E-state index in [1.54, 1.807) is 37.4 Å². The van der Waals surface area contributed by atoms with E-state index >= 15 is 0 Å². The third-order valence-corrected chi connectivity index (χ3v) is 2.90. The third kappa shape index (κ3) is 3.57. The summed E-state index contributed by atoms with van der Waals surface area (Å²) in [6, 6.07) is 12.9. The Morgan fingerprint density at radius 2 is 2.10 bits per heavy atom. The number of halogens is 1. The number of methoxy groups -OCH3 is 1. The van der Waals surface area contributed by atoms with Crippen LogP contribution in [0, 0.1) is 17.1 Å². The van der Waals surface area contributed by atoms with Gasteiger partial charge in [-0.15, -0.1) is 0 Å². The largest absolute Gasteiger partial charge is 0.497 e. The SMILES string of the molecule is COc1cccc(CC(=O)Nc2cccc(F)c2C#N)c1. The molecule has 21 heavy (non-hydrogen) atoms. The number of ether oxygens (including phenoxy) is 1. The molecule has 1 amide bonds. The van der Waals surface area contributed by atoms with Crippen LogP contribution >= 0.6 is 0 Å². The fraction of sp³-hybridized carbons (Fsp3) is 0.125. The van der Waals surface area contributed by atoms with Gasteiger partial charge in [-0.25, -0.2) is 4.39 Å². The maximum Gasteiger partial charge on any atom is 0.228 e. The van der Waals surface area contributed by atoms with Crippen molar-refractivity contribution < 1.29 is 13.9 Å². The monoisotopic (exact) mass is 284 g/mol. The molecule has 106 valence electrons. The second kappa shape index (κ2) is 6.53. The van der Waals surface area contributed by atoms with E-state index in [2.05, 4.69) is 5.32 Å². The van der Waals surface area contributed by atoms with Gasteiger partial charge in [0.2, 0.25) is 5.91 Å². The van der Waals surface area contributed by atoms with Crippen molar-refractivity contribution in [2.45, 2.75) is 6.42 Å². The lowest BCUT2D eigenvalue weighted by atomic mass is 10.1. The predicted octanol–water partition coefficient (Wildman–Crippen LogP) is 2.89. The predicted molar refractivity (Wildman–Crippen MR) is 76.4 cm³/mol. The second-order valence-electron chi connectivity index (χ2n) is 4.35. The minimum atomic E-state index is -0.656. The number of nitriles is 1. The molecule has 0 fully saturated rings. The molecule has 0 aliphatic carbocycles. The Morgan fingerprint density at radius 3 is 2.81 bits per heavy atom. The molecule has 0 radical (unpaired) electrons. The lowest BCUT2D eigenvalue weighted by molar-refractivity contribution is -0.115. The molecule has 0 unspecified atom stereocenters. The van der Waals surface area contributed by atoms with Crippen LogP contribution in [0.2, 0.25) is 0 Å². The third-order valence-electron chi connectivity index (χ3n) is 2.90. The minimum Gasteiger partial charge on any atom is -0.497 e. The summed E-state index contributed by atoms with van der Waals surface area (Å²) in [5.74, 6) is -0.328. The van der Waals surface area contributed by atoms with Crippen LogP contribution in [-0.2, 0) is 11.2 Å². The maximum atomic E-state index is 13.4. The van der Waals surface area contributed by atoms with E-state index in [0.717, 1.165) is 5.56 Å². The molecule has 0 atom stereocenters. The quantitative estimate of drug-likeness (QED) is 0.939. The number of carbonyl (C=O) groups excluding carboxylic acids is 1. The molecule has 0 bridgehead atoms. The first-order valence-corrected chi connectivity index (χ1v) is 6.25.